The van der Waals surface area contributed by atoms with Crippen LogP contribution in [0.1, 0.15) is 5.56 Å². The third kappa shape index (κ3) is 4.83. The van der Waals surface area contributed by atoms with E-state index in [9.17, 15) is 0 Å². The van der Waals surface area contributed by atoms with Gasteiger partial charge in [-0.25, -0.2) is 0 Å². The highest BCUT2D eigenvalue weighted by Gasteiger charge is 2.02. The van der Waals surface area contributed by atoms with E-state index in [4.69, 9.17) is 9.47 Å². The minimum atomic E-state index is 0.435. The van der Waals surface area contributed by atoms with Gasteiger partial charge in [-0.15, -0.1) is 5.10 Å². The molecule has 0 bridgehead atoms. The van der Waals surface area contributed by atoms with Crippen LogP contribution in [-0.4, -0.2) is 35.9 Å². The van der Waals surface area contributed by atoms with Crippen LogP contribution < -0.4 is 20.1 Å². The summed E-state index contributed by atoms with van der Waals surface area (Å²) in [6.45, 7) is 0.743. The van der Waals surface area contributed by atoms with E-state index in [0.717, 1.165) is 30.2 Å². The molecule has 2 aromatic carbocycles. The summed E-state index contributed by atoms with van der Waals surface area (Å²) in [5, 5.41) is 14.4. The van der Waals surface area contributed by atoms with Gasteiger partial charge in [-0.05, 0) is 48.4 Å². The van der Waals surface area contributed by atoms with Crippen molar-refractivity contribution < 1.29 is 9.47 Å². The van der Waals surface area contributed by atoms with Gasteiger partial charge in [0.05, 0.1) is 20.4 Å². The third-order valence-corrected chi connectivity index (χ3v) is 3.78. The van der Waals surface area contributed by atoms with Crippen LogP contribution in [0.2, 0.25) is 0 Å². The maximum atomic E-state index is 5.16. The topological polar surface area (TPSA) is 81.2 Å². The summed E-state index contributed by atoms with van der Waals surface area (Å²) in [6, 6.07) is 15.5. The van der Waals surface area contributed by atoms with Crippen LogP contribution in [0.5, 0.6) is 11.5 Å². The highest BCUT2D eigenvalue weighted by Crippen LogP contribution is 2.18. The predicted octanol–water partition coefficient (Wildman–Crippen LogP) is 3.29. The van der Waals surface area contributed by atoms with Gasteiger partial charge < -0.3 is 20.1 Å². The molecule has 0 aliphatic carbocycles. The van der Waals surface area contributed by atoms with Crippen molar-refractivity contribution in [3.05, 3.63) is 60.3 Å². The van der Waals surface area contributed by atoms with Gasteiger partial charge in [0.2, 0.25) is 5.95 Å². The maximum absolute atomic E-state index is 5.16. The van der Waals surface area contributed by atoms with Crippen LogP contribution in [0.25, 0.3) is 0 Å². The van der Waals surface area contributed by atoms with E-state index >= 15 is 0 Å². The molecule has 1 heterocycles. The molecule has 3 aromatic rings. The van der Waals surface area contributed by atoms with Crippen LogP contribution in [0.3, 0.4) is 0 Å². The van der Waals surface area contributed by atoms with E-state index in [2.05, 4.69) is 37.9 Å². The Labute approximate surface area is 152 Å². The number of hydrogen-bond donors (Lipinski definition) is 2. The first kappa shape index (κ1) is 17.5. The fourth-order valence-corrected chi connectivity index (χ4v) is 2.37. The van der Waals surface area contributed by atoms with Crippen molar-refractivity contribution in [2.75, 3.05) is 31.4 Å². The first-order chi connectivity index (χ1) is 12.8. The molecular formula is C19H21N5O2. The summed E-state index contributed by atoms with van der Waals surface area (Å²) < 4.78 is 10.3. The molecule has 0 fully saturated rings. The minimum Gasteiger partial charge on any atom is -0.497 e. The molecule has 0 unspecified atom stereocenters. The lowest BCUT2D eigenvalue weighted by molar-refractivity contribution is 0.414. The number of nitrogens with one attached hydrogen (secondary N) is 2. The van der Waals surface area contributed by atoms with Crippen molar-refractivity contribution in [1.82, 2.24) is 15.2 Å². The summed E-state index contributed by atoms with van der Waals surface area (Å²) in [5.74, 6) is 2.76. The Bertz CT molecular complexity index is 822. The van der Waals surface area contributed by atoms with E-state index in [-0.39, 0.29) is 0 Å². The average molecular weight is 351 g/mol. The summed E-state index contributed by atoms with van der Waals surface area (Å²) in [4.78, 5) is 4.42. The van der Waals surface area contributed by atoms with E-state index < -0.39 is 0 Å². The Kier molecular flexibility index (Phi) is 5.82. The zero-order valence-corrected chi connectivity index (χ0v) is 14.8. The standard InChI is InChI=1S/C19H21N5O2/c1-25-16-7-3-14(4-8-16)11-12-20-18-13-21-24-19(23-18)22-15-5-9-17(26-2)10-6-15/h3-10,13H,11-12H2,1-2H3,(H2,20,22,23,24). The van der Waals surface area contributed by atoms with Gasteiger partial charge in [0, 0.05) is 12.2 Å². The van der Waals surface area contributed by atoms with Crippen molar-refractivity contribution in [1.29, 1.82) is 0 Å². The van der Waals surface area contributed by atoms with Crippen molar-refractivity contribution >= 4 is 17.5 Å². The zero-order valence-electron chi connectivity index (χ0n) is 14.8. The predicted molar refractivity (Wildman–Crippen MR) is 101 cm³/mol. The molecule has 1 aromatic heterocycles. The van der Waals surface area contributed by atoms with Gasteiger partial charge >= 0.3 is 0 Å². The molecule has 0 aliphatic heterocycles. The monoisotopic (exact) mass is 351 g/mol. The van der Waals surface area contributed by atoms with Gasteiger partial charge in [0.1, 0.15) is 11.5 Å². The highest BCUT2D eigenvalue weighted by molar-refractivity contribution is 5.55. The van der Waals surface area contributed by atoms with Crippen molar-refractivity contribution in [2.24, 2.45) is 0 Å². The number of methoxy groups -OCH3 is 2. The third-order valence-electron chi connectivity index (χ3n) is 3.78. The van der Waals surface area contributed by atoms with Gasteiger partial charge in [-0.1, -0.05) is 12.1 Å². The molecule has 2 N–H and O–H groups in total. The number of benzene rings is 2. The summed E-state index contributed by atoms with van der Waals surface area (Å²) in [6.07, 6.45) is 2.47. The van der Waals surface area contributed by atoms with E-state index in [0.29, 0.717) is 11.8 Å². The summed E-state index contributed by atoms with van der Waals surface area (Å²) >= 11 is 0. The molecule has 0 amide bonds. The molecule has 7 nitrogen and oxygen atoms in total. The molecule has 0 aliphatic rings. The Morgan fingerprint density at radius 1 is 0.885 bits per heavy atom. The highest BCUT2D eigenvalue weighted by atomic mass is 16.5. The zero-order chi connectivity index (χ0) is 18.2. The van der Waals surface area contributed by atoms with E-state index in [1.54, 1.807) is 20.4 Å². The molecule has 26 heavy (non-hydrogen) atoms. The average Bonchev–Trinajstić information content (AvgIpc) is 2.69. The Hall–Kier alpha value is -3.35. The normalized spacial score (nSPS) is 10.2. The SMILES string of the molecule is COc1ccc(CCNc2cnnc(Nc3ccc(OC)cc3)n2)cc1. The number of nitrogens with zero attached hydrogens (tertiary/aromatic N) is 3. The Morgan fingerprint density at radius 3 is 2.19 bits per heavy atom. The van der Waals surface area contributed by atoms with Crippen LogP contribution in [0.4, 0.5) is 17.5 Å². The second-order valence-electron chi connectivity index (χ2n) is 5.54. The smallest absolute Gasteiger partial charge is 0.249 e. The molecule has 3 rings (SSSR count). The number of hydrogen-bond acceptors (Lipinski definition) is 7. The van der Waals surface area contributed by atoms with Gasteiger partial charge in [0.25, 0.3) is 0 Å². The number of rotatable bonds is 8. The number of anilines is 3. The van der Waals surface area contributed by atoms with Gasteiger partial charge in [-0.2, -0.15) is 10.1 Å². The molecule has 7 heteroatoms. The fourth-order valence-electron chi connectivity index (χ4n) is 2.37. The lowest BCUT2D eigenvalue weighted by atomic mass is 10.1. The van der Waals surface area contributed by atoms with Gasteiger partial charge in [0.15, 0.2) is 5.82 Å². The first-order valence-corrected chi connectivity index (χ1v) is 8.24. The van der Waals surface area contributed by atoms with Crippen LogP contribution >= 0.6 is 0 Å². The van der Waals surface area contributed by atoms with Crippen molar-refractivity contribution in [3.8, 4) is 11.5 Å². The van der Waals surface area contributed by atoms with Gasteiger partial charge in [-0.3, -0.25) is 0 Å². The largest absolute Gasteiger partial charge is 0.497 e. The van der Waals surface area contributed by atoms with Crippen molar-refractivity contribution in [3.63, 3.8) is 0 Å². The lowest BCUT2D eigenvalue weighted by Gasteiger charge is -2.08. The van der Waals surface area contributed by atoms with E-state index in [1.807, 2.05) is 36.4 Å². The number of ether oxygens (including phenoxy) is 2. The molecule has 0 saturated heterocycles. The van der Waals surface area contributed by atoms with Crippen LogP contribution in [0, 0.1) is 0 Å². The summed E-state index contributed by atoms with van der Waals surface area (Å²) in [7, 11) is 3.30. The maximum Gasteiger partial charge on any atom is 0.249 e. The lowest BCUT2D eigenvalue weighted by Crippen LogP contribution is -2.08. The molecule has 0 atom stereocenters. The van der Waals surface area contributed by atoms with Crippen LogP contribution in [-0.2, 0) is 6.42 Å². The van der Waals surface area contributed by atoms with Crippen molar-refractivity contribution in [2.45, 2.75) is 6.42 Å². The Balaban J connectivity index is 1.54. The van der Waals surface area contributed by atoms with E-state index in [1.165, 1.54) is 5.56 Å². The molecule has 0 saturated carbocycles. The molecule has 0 radical (unpaired) electrons. The molecule has 134 valence electrons. The van der Waals surface area contributed by atoms with Crippen LogP contribution in [0.15, 0.2) is 54.7 Å². The molecular weight excluding hydrogens is 330 g/mol. The second-order valence-corrected chi connectivity index (χ2v) is 5.54. The fraction of sp³-hybridized carbons (Fsp3) is 0.211. The minimum absolute atomic E-state index is 0.435. The summed E-state index contributed by atoms with van der Waals surface area (Å²) in [5.41, 5.74) is 2.08. The first-order valence-electron chi connectivity index (χ1n) is 8.24. The Morgan fingerprint density at radius 2 is 1.54 bits per heavy atom. The second kappa shape index (κ2) is 8.66. The quantitative estimate of drug-likeness (QED) is 0.644. The number of aromatic nitrogens is 3. The molecule has 0 spiro atoms.